The molecule has 2 heterocycles. The average Bonchev–Trinajstić information content (AvgIpc) is 3.03. The van der Waals surface area contributed by atoms with Gasteiger partial charge >= 0.3 is 0 Å². The minimum Gasteiger partial charge on any atom is -0.347 e. The maximum atomic E-state index is 11.9. The Bertz CT molecular complexity index is 803. The van der Waals surface area contributed by atoms with Gasteiger partial charge in [0.2, 0.25) is 11.9 Å². The fraction of sp³-hybridized carbons (Fsp3) is 0.0625. The van der Waals surface area contributed by atoms with Gasteiger partial charge in [-0.3, -0.25) is 9.78 Å². The Morgan fingerprint density at radius 2 is 2.04 bits per heavy atom. The molecule has 0 bridgehead atoms. The highest BCUT2D eigenvalue weighted by Gasteiger charge is 2.06. The molecule has 0 fully saturated rings. The van der Waals surface area contributed by atoms with Gasteiger partial charge in [-0.1, -0.05) is 17.7 Å². The fourth-order valence-corrected chi connectivity index (χ4v) is 2.21. The predicted molar refractivity (Wildman–Crippen MR) is 90.4 cm³/mol. The first-order chi connectivity index (χ1) is 11.2. The summed E-state index contributed by atoms with van der Waals surface area (Å²) in [6.07, 6.45) is 5.12. The van der Waals surface area contributed by atoms with E-state index in [2.05, 4.69) is 25.6 Å². The van der Waals surface area contributed by atoms with Crippen molar-refractivity contribution in [3.8, 4) is 11.3 Å². The molecule has 0 atom stereocenters. The largest absolute Gasteiger partial charge is 0.347 e. The highest BCUT2D eigenvalue weighted by atomic mass is 35.5. The quantitative estimate of drug-likeness (QED) is 0.672. The Labute approximate surface area is 137 Å². The third-order valence-corrected chi connectivity index (χ3v) is 3.33. The molecule has 0 spiro atoms. The second kappa shape index (κ2) is 6.93. The second-order valence-electron chi connectivity index (χ2n) is 4.79. The topological polar surface area (TPSA) is 82.7 Å². The van der Waals surface area contributed by atoms with Gasteiger partial charge in [0.1, 0.15) is 0 Å². The van der Waals surface area contributed by atoms with Crippen molar-refractivity contribution in [2.24, 2.45) is 0 Å². The molecule has 0 radical (unpaired) electrons. The average molecular weight is 328 g/mol. The molecule has 0 saturated heterocycles. The fourth-order valence-electron chi connectivity index (χ4n) is 2.02. The molecule has 3 aromatic rings. The van der Waals surface area contributed by atoms with Crippen molar-refractivity contribution in [2.75, 3.05) is 17.2 Å². The highest BCUT2D eigenvalue weighted by molar-refractivity contribution is 6.30. The number of carbonyl (C=O) groups excluding carboxylic acids is 1. The van der Waals surface area contributed by atoms with Crippen LogP contribution in [0.25, 0.3) is 11.3 Å². The first-order valence-electron chi connectivity index (χ1n) is 6.95. The van der Waals surface area contributed by atoms with Crippen molar-refractivity contribution in [3.05, 3.63) is 60.0 Å². The molecule has 6 nitrogen and oxygen atoms in total. The zero-order chi connectivity index (χ0) is 16.1. The second-order valence-corrected chi connectivity index (χ2v) is 5.23. The number of hydrogen-bond donors (Lipinski definition) is 3. The molecular formula is C16H14ClN5O. The molecule has 116 valence electrons. The summed E-state index contributed by atoms with van der Waals surface area (Å²) in [5, 5.41) is 6.27. The summed E-state index contributed by atoms with van der Waals surface area (Å²) in [6.45, 7) is 0.0931. The molecule has 0 aliphatic rings. The van der Waals surface area contributed by atoms with Gasteiger partial charge in [0.25, 0.3) is 0 Å². The summed E-state index contributed by atoms with van der Waals surface area (Å²) in [6, 6.07) is 10.7. The van der Waals surface area contributed by atoms with Crippen molar-refractivity contribution in [1.82, 2.24) is 15.0 Å². The Hall–Kier alpha value is -2.86. The van der Waals surface area contributed by atoms with Gasteiger partial charge in [-0.25, -0.2) is 4.98 Å². The SMILES string of the molecule is O=C(CNc1ncc(-c2ccncc2)[nH]1)Nc1cccc(Cl)c1. The molecule has 23 heavy (non-hydrogen) atoms. The maximum Gasteiger partial charge on any atom is 0.243 e. The van der Waals surface area contributed by atoms with E-state index in [9.17, 15) is 4.79 Å². The van der Waals surface area contributed by atoms with E-state index in [-0.39, 0.29) is 12.5 Å². The summed E-state index contributed by atoms with van der Waals surface area (Å²) >= 11 is 5.88. The van der Waals surface area contributed by atoms with Crippen LogP contribution >= 0.6 is 11.6 Å². The van der Waals surface area contributed by atoms with E-state index in [1.165, 1.54) is 0 Å². The molecule has 0 aliphatic carbocycles. The normalized spacial score (nSPS) is 10.3. The Kier molecular flexibility index (Phi) is 4.54. The third-order valence-electron chi connectivity index (χ3n) is 3.09. The van der Waals surface area contributed by atoms with Gasteiger partial charge < -0.3 is 15.6 Å². The van der Waals surface area contributed by atoms with Gasteiger partial charge in [0.05, 0.1) is 18.4 Å². The van der Waals surface area contributed by atoms with E-state index in [4.69, 9.17) is 11.6 Å². The van der Waals surface area contributed by atoms with Crippen LogP contribution in [0.5, 0.6) is 0 Å². The predicted octanol–water partition coefficient (Wildman–Crippen LogP) is 3.18. The van der Waals surface area contributed by atoms with E-state index < -0.39 is 0 Å². The van der Waals surface area contributed by atoms with Gasteiger partial charge in [-0.2, -0.15) is 0 Å². The zero-order valence-electron chi connectivity index (χ0n) is 12.1. The maximum absolute atomic E-state index is 11.9. The van der Waals surface area contributed by atoms with Crippen molar-refractivity contribution in [2.45, 2.75) is 0 Å². The number of benzene rings is 1. The van der Waals surface area contributed by atoms with Crippen molar-refractivity contribution < 1.29 is 4.79 Å². The van der Waals surface area contributed by atoms with Gasteiger partial charge in [0, 0.05) is 28.7 Å². The Morgan fingerprint density at radius 1 is 1.22 bits per heavy atom. The minimum atomic E-state index is -0.186. The summed E-state index contributed by atoms with van der Waals surface area (Å²) in [4.78, 5) is 23.2. The highest BCUT2D eigenvalue weighted by Crippen LogP contribution is 2.17. The van der Waals surface area contributed by atoms with Crippen LogP contribution in [0.2, 0.25) is 5.02 Å². The van der Waals surface area contributed by atoms with E-state index in [0.29, 0.717) is 16.7 Å². The summed E-state index contributed by atoms with van der Waals surface area (Å²) in [5.74, 6) is 0.340. The lowest BCUT2D eigenvalue weighted by Gasteiger charge is -2.06. The number of halogens is 1. The molecule has 3 N–H and O–H groups in total. The number of pyridine rings is 1. The van der Waals surface area contributed by atoms with Crippen LogP contribution in [0.4, 0.5) is 11.6 Å². The van der Waals surface area contributed by atoms with Crippen LogP contribution in [0.1, 0.15) is 0 Å². The zero-order valence-corrected chi connectivity index (χ0v) is 12.8. The van der Waals surface area contributed by atoms with Crippen LogP contribution in [-0.2, 0) is 4.79 Å². The smallest absolute Gasteiger partial charge is 0.243 e. The number of carbonyl (C=O) groups is 1. The molecule has 1 aromatic carbocycles. The lowest BCUT2D eigenvalue weighted by molar-refractivity contribution is -0.114. The number of imidazole rings is 1. The van der Waals surface area contributed by atoms with Gasteiger partial charge in [0.15, 0.2) is 0 Å². The van der Waals surface area contributed by atoms with Crippen LogP contribution in [0.3, 0.4) is 0 Å². The van der Waals surface area contributed by atoms with Crippen molar-refractivity contribution >= 4 is 29.1 Å². The number of anilines is 2. The number of aromatic amines is 1. The molecule has 7 heteroatoms. The summed E-state index contributed by atoms with van der Waals surface area (Å²) in [7, 11) is 0. The number of hydrogen-bond acceptors (Lipinski definition) is 4. The van der Waals surface area contributed by atoms with Gasteiger partial charge in [-0.05, 0) is 30.3 Å². The van der Waals surface area contributed by atoms with E-state index >= 15 is 0 Å². The van der Waals surface area contributed by atoms with Crippen LogP contribution in [0, 0.1) is 0 Å². The number of nitrogens with zero attached hydrogens (tertiary/aromatic N) is 2. The standard InChI is InChI=1S/C16H14ClN5O/c17-12-2-1-3-13(8-12)21-15(23)10-20-16-19-9-14(22-16)11-4-6-18-7-5-11/h1-9H,10H2,(H,21,23)(H2,19,20,22). The first kappa shape index (κ1) is 15.1. The molecule has 2 aromatic heterocycles. The van der Waals surface area contributed by atoms with E-state index in [1.807, 2.05) is 12.1 Å². The molecule has 3 rings (SSSR count). The molecule has 0 saturated carbocycles. The summed E-state index contributed by atoms with van der Waals surface area (Å²) < 4.78 is 0. The van der Waals surface area contributed by atoms with Crippen LogP contribution in [-0.4, -0.2) is 27.4 Å². The lowest BCUT2D eigenvalue weighted by atomic mass is 10.2. The number of H-pyrrole nitrogens is 1. The molecule has 1 amide bonds. The first-order valence-corrected chi connectivity index (χ1v) is 7.33. The van der Waals surface area contributed by atoms with Crippen molar-refractivity contribution in [1.29, 1.82) is 0 Å². The van der Waals surface area contributed by atoms with Crippen LogP contribution in [0.15, 0.2) is 55.0 Å². The lowest BCUT2D eigenvalue weighted by Crippen LogP contribution is -2.22. The number of amides is 1. The van der Waals surface area contributed by atoms with E-state index in [0.717, 1.165) is 11.3 Å². The minimum absolute atomic E-state index is 0.0931. The Balaban J connectivity index is 1.56. The van der Waals surface area contributed by atoms with Gasteiger partial charge in [-0.15, -0.1) is 0 Å². The molecule has 0 aliphatic heterocycles. The molecule has 0 unspecified atom stereocenters. The number of rotatable bonds is 5. The number of aromatic nitrogens is 3. The summed E-state index contributed by atoms with van der Waals surface area (Å²) in [5.41, 5.74) is 2.48. The third kappa shape index (κ3) is 4.08. The van der Waals surface area contributed by atoms with Crippen LogP contribution < -0.4 is 10.6 Å². The van der Waals surface area contributed by atoms with E-state index in [1.54, 1.807) is 42.9 Å². The van der Waals surface area contributed by atoms with Crippen molar-refractivity contribution in [3.63, 3.8) is 0 Å². The molecular weight excluding hydrogens is 314 g/mol. The number of nitrogens with one attached hydrogen (secondary N) is 3. The monoisotopic (exact) mass is 327 g/mol. The Morgan fingerprint density at radius 3 is 2.83 bits per heavy atom.